The molecule has 7 heteroatoms. The molecule has 0 spiro atoms. The van der Waals surface area contributed by atoms with E-state index in [-0.39, 0.29) is 29.7 Å². The third-order valence-corrected chi connectivity index (χ3v) is 3.56. The summed E-state index contributed by atoms with van der Waals surface area (Å²) >= 11 is 0. The Hall–Kier alpha value is -0.310. The van der Waals surface area contributed by atoms with Gasteiger partial charge in [0.15, 0.2) is 5.96 Å². The molecule has 0 unspecified atom stereocenters. The molecule has 0 fully saturated rings. The Morgan fingerprint density at radius 1 is 1.40 bits per heavy atom. The fourth-order valence-electron chi connectivity index (χ4n) is 1.56. The summed E-state index contributed by atoms with van der Waals surface area (Å²) in [6, 6.07) is 0. The molecule has 0 aromatic heterocycles. The molecular weight excluding hydrogens is 389 g/mol. The molecule has 0 aliphatic heterocycles. The molecule has 0 bridgehead atoms. The fourth-order valence-corrected chi connectivity index (χ4v) is 2.21. The molecule has 120 valence electrons. The number of hydrogen-bond acceptors (Lipinski definition) is 3. The second kappa shape index (κ2) is 12.4. The van der Waals surface area contributed by atoms with E-state index in [9.17, 15) is 8.42 Å². The van der Waals surface area contributed by atoms with Crippen molar-refractivity contribution in [2.45, 2.75) is 26.2 Å². The minimum absolute atomic E-state index is 0. The molecule has 20 heavy (non-hydrogen) atoms. The summed E-state index contributed by atoms with van der Waals surface area (Å²) in [5, 5.41) is 3.21. The van der Waals surface area contributed by atoms with Crippen LogP contribution in [0.5, 0.6) is 0 Å². The van der Waals surface area contributed by atoms with E-state index in [0.29, 0.717) is 13.0 Å². The van der Waals surface area contributed by atoms with E-state index in [4.69, 9.17) is 0 Å². The molecule has 0 aliphatic rings. The van der Waals surface area contributed by atoms with E-state index in [2.05, 4.69) is 21.8 Å². The highest BCUT2D eigenvalue weighted by atomic mass is 127. The lowest BCUT2D eigenvalue weighted by molar-refractivity contribution is 0.470. The van der Waals surface area contributed by atoms with Crippen LogP contribution in [-0.2, 0) is 9.84 Å². The topological polar surface area (TPSA) is 61.8 Å². The van der Waals surface area contributed by atoms with Gasteiger partial charge in [0.25, 0.3) is 0 Å². The van der Waals surface area contributed by atoms with Gasteiger partial charge in [-0.2, -0.15) is 0 Å². The number of rotatable bonds is 9. The first-order valence-electron chi connectivity index (χ1n) is 6.68. The van der Waals surface area contributed by atoms with Gasteiger partial charge in [-0.15, -0.1) is 30.6 Å². The maximum absolute atomic E-state index is 11.0. The van der Waals surface area contributed by atoms with Gasteiger partial charge in [0.05, 0.1) is 5.75 Å². The molecule has 0 saturated carbocycles. The zero-order valence-electron chi connectivity index (χ0n) is 12.8. The standard InChI is InChI=1S/C13H27N3O2S.HI/c1-5-7-8-11-16(3)13(14-6-2)15-10-9-12-19(4,17)18;/h5H,1,6-12H2,2-4H3,(H,14,15);1H. The highest BCUT2D eigenvalue weighted by Crippen LogP contribution is 1.96. The lowest BCUT2D eigenvalue weighted by atomic mass is 10.3. The van der Waals surface area contributed by atoms with Gasteiger partial charge in [-0.1, -0.05) is 6.08 Å². The van der Waals surface area contributed by atoms with Crippen LogP contribution in [0.3, 0.4) is 0 Å². The van der Waals surface area contributed by atoms with Crippen LogP contribution in [-0.4, -0.2) is 58.0 Å². The number of nitrogens with one attached hydrogen (secondary N) is 1. The Balaban J connectivity index is 0. The van der Waals surface area contributed by atoms with Crippen molar-refractivity contribution in [3.63, 3.8) is 0 Å². The van der Waals surface area contributed by atoms with Crippen molar-refractivity contribution in [3.8, 4) is 0 Å². The van der Waals surface area contributed by atoms with Crippen molar-refractivity contribution in [1.82, 2.24) is 10.2 Å². The maximum atomic E-state index is 11.0. The second-order valence-electron chi connectivity index (χ2n) is 4.57. The molecule has 1 N–H and O–H groups in total. The minimum atomic E-state index is -2.89. The minimum Gasteiger partial charge on any atom is -0.357 e. The number of hydrogen-bond donors (Lipinski definition) is 1. The Morgan fingerprint density at radius 3 is 2.55 bits per heavy atom. The van der Waals surface area contributed by atoms with Crippen LogP contribution in [0.4, 0.5) is 0 Å². The van der Waals surface area contributed by atoms with Crippen LogP contribution in [0.15, 0.2) is 17.6 Å². The molecule has 0 atom stereocenters. The molecule has 0 aromatic carbocycles. The van der Waals surface area contributed by atoms with Crippen LogP contribution in [0.25, 0.3) is 0 Å². The van der Waals surface area contributed by atoms with Crippen molar-refractivity contribution in [2.24, 2.45) is 4.99 Å². The van der Waals surface area contributed by atoms with Gasteiger partial charge >= 0.3 is 0 Å². The first-order chi connectivity index (χ1) is 8.90. The highest BCUT2D eigenvalue weighted by Gasteiger charge is 2.05. The quantitative estimate of drug-likeness (QED) is 0.205. The van der Waals surface area contributed by atoms with Crippen molar-refractivity contribution in [1.29, 1.82) is 0 Å². The highest BCUT2D eigenvalue weighted by molar-refractivity contribution is 14.0. The summed E-state index contributed by atoms with van der Waals surface area (Å²) in [6.45, 7) is 7.96. The first-order valence-corrected chi connectivity index (χ1v) is 8.74. The SMILES string of the molecule is C=CCCCN(C)C(=NCCCS(C)(=O)=O)NCC.I. The number of guanidine groups is 1. The van der Waals surface area contributed by atoms with E-state index in [1.54, 1.807) is 0 Å². The normalized spacial score (nSPS) is 11.7. The van der Waals surface area contributed by atoms with Crippen molar-refractivity contribution in [2.75, 3.05) is 38.7 Å². The molecule has 0 rings (SSSR count). The van der Waals surface area contributed by atoms with Crippen LogP contribution in [0.1, 0.15) is 26.2 Å². The number of nitrogens with zero attached hydrogens (tertiary/aromatic N) is 2. The molecule has 0 radical (unpaired) electrons. The van der Waals surface area contributed by atoms with E-state index < -0.39 is 9.84 Å². The predicted octanol–water partition coefficient (Wildman–Crippen LogP) is 1.90. The van der Waals surface area contributed by atoms with Gasteiger partial charge in [-0.05, 0) is 26.2 Å². The summed E-state index contributed by atoms with van der Waals surface area (Å²) < 4.78 is 22.1. The van der Waals surface area contributed by atoms with Crippen molar-refractivity contribution in [3.05, 3.63) is 12.7 Å². The molecule has 0 amide bonds. The lowest BCUT2D eigenvalue weighted by Crippen LogP contribution is -2.39. The fraction of sp³-hybridized carbons (Fsp3) is 0.769. The molecule has 0 saturated heterocycles. The molecular formula is C13H28IN3O2S. The second-order valence-corrected chi connectivity index (χ2v) is 6.83. The van der Waals surface area contributed by atoms with Gasteiger partial charge in [0.2, 0.25) is 0 Å². The zero-order chi connectivity index (χ0) is 14.7. The number of sulfone groups is 1. The third kappa shape index (κ3) is 12.7. The van der Waals surface area contributed by atoms with E-state index in [1.807, 2.05) is 20.0 Å². The Bertz CT molecular complexity index is 383. The number of aliphatic imine (C=N–C) groups is 1. The molecule has 0 aliphatic carbocycles. The maximum Gasteiger partial charge on any atom is 0.193 e. The van der Waals surface area contributed by atoms with Crippen LogP contribution >= 0.6 is 24.0 Å². The molecule has 5 nitrogen and oxygen atoms in total. The van der Waals surface area contributed by atoms with Gasteiger partial charge in [0, 0.05) is 32.9 Å². The Kier molecular flexibility index (Phi) is 13.7. The van der Waals surface area contributed by atoms with Crippen LogP contribution < -0.4 is 5.32 Å². The van der Waals surface area contributed by atoms with Gasteiger partial charge in [-0.3, -0.25) is 4.99 Å². The van der Waals surface area contributed by atoms with Crippen LogP contribution in [0.2, 0.25) is 0 Å². The summed E-state index contributed by atoms with van der Waals surface area (Å²) in [4.78, 5) is 6.50. The average Bonchev–Trinajstić information content (AvgIpc) is 2.32. The first kappa shape index (κ1) is 22.0. The van der Waals surface area contributed by atoms with Crippen molar-refractivity contribution >= 4 is 39.8 Å². The van der Waals surface area contributed by atoms with Gasteiger partial charge in [0.1, 0.15) is 9.84 Å². The lowest BCUT2D eigenvalue weighted by Gasteiger charge is -2.21. The summed E-state index contributed by atoms with van der Waals surface area (Å²) in [5.41, 5.74) is 0. The number of halogens is 1. The number of unbranched alkanes of at least 4 members (excludes halogenated alkanes) is 1. The largest absolute Gasteiger partial charge is 0.357 e. The Morgan fingerprint density at radius 2 is 2.05 bits per heavy atom. The summed E-state index contributed by atoms with van der Waals surface area (Å²) in [7, 11) is -0.899. The number of allylic oxidation sites excluding steroid dienone is 1. The van der Waals surface area contributed by atoms with E-state index in [0.717, 1.165) is 31.9 Å². The summed E-state index contributed by atoms with van der Waals surface area (Å²) in [5.74, 6) is 1.02. The predicted molar refractivity (Wildman–Crippen MR) is 97.8 cm³/mol. The monoisotopic (exact) mass is 417 g/mol. The third-order valence-electron chi connectivity index (χ3n) is 2.53. The van der Waals surface area contributed by atoms with Gasteiger partial charge < -0.3 is 10.2 Å². The Labute approximate surface area is 140 Å². The van der Waals surface area contributed by atoms with Crippen molar-refractivity contribution < 1.29 is 8.42 Å². The smallest absolute Gasteiger partial charge is 0.193 e. The van der Waals surface area contributed by atoms with Gasteiger partial charge in [-0.25, -0.2) is 8.42 Å². The summed E-state index contributed by atoms with van der Waals surface area (Å²) in [6.07, 6.45) is 5.74. The van der Waals surface area contributed by atoms with E-state index >= 15 is 0 Å². The molecule has 0 aromatic rings. The zero-order valence-corrected chi connectivity index (χ0v) is 15.9. The molecule has 0 heterocycles. The average molecular weight is 417 g/mol. The van der Waals surface area contributed by atoms with Crippen LogP contribution in [0, 0.1) is 0 Å². The van der Waals surface area contributed by atoms with E-state index in [1.165, 1.54) is 6.26 Å².